The van der Waals surface area contributed by atoms with E-state index in [0.29, 0.717) is 0 Å². The Morgan fingerprint density at radius 1 is 1.33 bits per heavy atom. The zero-order valence-electron chi connectivity index (χ0n) is 11.7. The van der Waals surface area contributed by atoms with Crippen molar-refractivity contribution in [2.24, 2.45) is 5.92 Å². The highest BCUT2D eigenvalue weighted by Crippen LogP contribution is 2.18. The fourth-order valence-corrected chi connectivity index (χ4v) is 2.56. The summed E-state index contributed by atoms with van der Waals surface area (Å²) in [5, 5.41) is 3.27. The molecule has 3 nitrogen and oxygen atoms in total. The molecule has 18 heavy (non-hydrogen) atoms. The van der Waals surface area contributed by atoms with Crippen LogP contribution in [0.1, 0.15) is 38.8 Å². The van der Waals surface area contributed by atoms with E-state index >= 15 is 0 Å². The van der Waals surface area contributed by atoms with Gasteiger partial charge in [0.15, 0.2) is 0 Å². The highest BCUT2D eigenvalue weighted by molar-refractivity contribution is 5.34. The van der Waals surface area contributed by atoms with E-state index in [1.807, 2.05) is 6.07 Å². The van der Waals surface area contributed by atoms with Crippen molar-refractivity contribution >= 4 is 5.82 Å². The molecule has 1 saturated heterocycles. The molecule has 0 radical (unpaired) electrons. The number of anilines is 1. The Labute approximate surface area is 111 Å². The summed E-state index contributed by atoms with van der Waals surface area (Å²) < 4.78 is 0. The summed E-state index contributed by atoms with van der Waals surface area (Å²) in [6, 6.07) is 6.27. The Bertz CT molecular complexity index is 365. The van der Waals surface area contributed by atoms with Crippen molar-refractivity contribution in [1.82, 2.24) is 9.88 Å². The molecule has 1 atom stereocenters. The number of nitrogens with zero attached hydrogens (tertiary/aromatic N) is 2. The third-order valence-corrected chi connectivity index (χ3v) is 3.66. The molecule has 100 valence electrons. The van der Waals surface area contributed by atoms with E-state index in [1.54, 1.807) is 0 Å². The standard InChI is InChI=1S/C15H25N3/c1-3-16-15-8-4-7-14(17-15)12-18-10-5-6-13(2)9-11-18/h4,7-8,13H,3,5-6,9-12H2,1-2H3,(H,16,17). The molecule has 1 fully saturated rings. The molecular formula is C15H25N3. The Kier molecular flexibility index (Phi) is 5.00. The zero-order chi connectivity index (χ0) is 12.8. The second-order valence-electron chi connectivity index (χ2n) is 5.36. The van der Waals surface area contributed by atoms with Crippen molar-refractivity contribution in [2.75, 3.05) is 25.0 Å². The second-order valence-corrected chi connectivity index (χ2v) is 5.36. The van der Waals surface area contributed by atoms with Crippen molar-refractivity contribution in [3.05, 3.63) is 23.9 Å². The van der Waals surface area contributed by atoms with E-state index in [0.717, 1.165) is 24.8 Å². The molecule has 0 bridgehead atoms. The first-order valence-corrected chi connectivity index (χ1v) is 7.20. The quantitative estimate of drug-likeness (QED) is 0.886. The Morgan fingerprint density at radius 3 is 3.06 bits per heavy atom. The molecule has 1 aromatic rings. The normalized spacial score (nSPS) is 21.6. The van der Waals surface area contributed by atoms with Crippen LogP contribution in [-0.2, 0) is 6.54 Å². The van der Waals surface area contributed by atoms with Crippen LogP contribution in [0.4, 0.5) is 5.82 Å². The van der Waals surface area contributed by atoms with Gasteiger partial charge < -0.3 is 5.32 Å². The highest BCUT2D eigenvalue weighted by atomic mass is 15.1. The minimum absolute atomic E-state index is 0.885. The van der Waals surface area contributed by atoms with Crippen LogP contribution in [0.3, 0.4) is 0 Å². The van der Waals surface area contributed by atoms with Gasteiger partial charge in [0.2, 0.25) is 0 Å². The molecule has 1 aliphatic heterocycles. The van der Waals surface area contributed by atoms with Gasteiger partial charge in [0, 0.05) is 13.1 Å². The van der Waals surface area contributed by atoms with Gasteiger partial charge in [0.1, 0.15) is 5.82 Å². The predicted octanol–water partition coefficient (Wildman–Crippen LogP) is 3.14. The van der Waals surface area contributed by atoms with Crippen LogP contribution in [0.25, 0.3) is 0 Å². The maximum Gasteiger partial charge on any atom is 0.126 e. The summed E-state index contributed by atoms with van der Waals surface area (Å²) in [7, 11) is 0. The lowest BCUT2D eigenvalue weighted by Crippen LogP contribution is -2.24. The van der Waals surface area contributed by atoms with E-state index in [2.05, 4.69) is 41.2 Å². The van der Waals surface area contributed by atoms with Gasteiger partial charge in [-0.25, -0.2) is 4.98 Å². The van der Waals surface area contributed by atoms with Gasteiger partial charge in [0.25, 0.3) is 0 Å². The first-order valence-electron chi connectivity index (χ1n) is 7.20. The third kappa shape index (κ3) is 3.98. The fourth-order valence-electron chi connectivity index (χ4n) is 2.56. The molecule has 2 rings (SSSR count). The Hall–Kier alpha value is -1.09. The van der Waals surface area contributed by atoms with Crippen molar-refractivity contribution < 1.29 is 0 Å². The molecular weight excluding hydrogens is 222 g/mol. The number of hydrogen-bond donors (Lipinski definition) is 1. The maximum atomic E-state index is 4.65. The van der Waals surface area contributed by atoms with Gasteiger partial charge in [-0.3, -0.25) is 4.90 Å². The van der Waals surface area contributed by atoms with Crippen molar-refractivity contribution in [3.8, 4) is 0 Å². The summed E-state index contributed by atoms with van der Waals surface area (Å²) in [6.07, 6.45) is 4.03. The number of hydrogen-bond acceptors (Lipinski definition) is 3. The summed E-state index contributed by atoms with van der Waals surface area (Å²) in [4.78, 5) is 7.20. The lowest BCUT2D eigenvalue weighted by molar-refractivity contribution is 0.270. The molecule has 0 amide bonds. The SMILES string of the molecule is CCNc1cccc(CN2CCCC(C)CC2)n1. The van der Waals surface area contributed by atoms with E-state index in [9.17, 15) is 0 Å². The molecule has 0 saturated carbocycles. The Morgan fingerprint density at radius 2 is 2.22 bits per heavy atom. The van der Waals surface area contributed by atoms with Gasteiger partial charge in [-0.15, -0.1) is 0 Å². The lowest BCUT2D eigenvalue weighted by Gasteiger charge is -2.19. The van der Waals surface area contributed by atoms with E-state index in [1.165, 1.54) is 38.0 Å². The minimum atomic E-state index is 0.885. The number of aromatic nitrogens is 1. The number of rotatable bonds is 4. The van der Waals surface area contributed by atoms with Crippen LogP contribution in [0.2, 0.25) is 0 Å². The molecule has 0 spiro atoms. The topological polar surface area (TPSA) is 28.2 Å². The number of nitrogens with one attached hydrogen (secondary N) is 1. The lowest BCUT2D eigenvalue weighted by atomic mass is 10.0. The van der Waals surface area contributed by atoms with Crippen LogP contribution in [-0.4, -0.2) is 29.5 Å². The van der Waals surface area contributed by atoms with Gasteiger partial charge >= 0.3 is 0 Å². The average Bonchev–Trinajstić information content (AvgIpc) is 2.56. The largest absolute Gasteiger partial charge is 0.370 e. The Balaban J connectivity index is 1.93. The molecule has 1 aliphatic rings. The first-order chi connectivity index (χ1) is 8.78. The van der Waals surface area contributed by atoms with E-state index in [4.69, 9.17) is 0 Å². The number of pyridine rings is 1. The summed E-state index contributed by atoms with van der Waals surface area (Å²) in [5.41, 5.74) is 1.18. The molecule has 1 N–H and O–H groups in total. The molecule has 3 heteroatoms. The number of likely N-dealkylation sites (tertiary alicyclic amines) is 1. The summed E-state index contributed by atoms with van der Waals surface area (Å²) >= 11 is 0. The molecule has 0 aromatic carbocycles. The smallest absolute Gasteiger partial charge is 0.126 e. The monoisotopic (exact) mass is 247 g/mol. The van der Waals surface area contributed by atoms with Crippen molar-refractivity contribution in [2.45, 2.75) is 39.7 Å². The van der Waals surface area contributed by atoms with Crippen LogP contribution in [0.15, 0.2) is 18.2 Å². The van der Waals surface area contributed by atoms with Gasteiger partial charge in [0.05, 0.1) is 5.69 Å². The minimum Gasteiger partial charge on any atom is -0.370 e. The average molecular weight is 247 g/mol. The van der Waals surface area contributed by atoms with Crippen molar-refractivity contribution in [3.63, 3.8) is 0 Å². The van der Waals surface area contributed by atoms with Crippen LogP contribution < -0.4 is 5.32 Å². The molecule has 2 heterocycles. The van der Waals surface area contributed by atoms with Crippen LogP contribution in [0, 0.1) is 5.92 Å². The van der Waals surface area contributed by atoms with Crippen LogP contribution >= 0.6 is 0 Å². The highest BCUT2D eigenvalue weighted by Gasteiger charge is 2.14. The van der Waals surface area contributed by atoms with Crippen LogP contribution in [0.5, 0.6) is 0 Å². The molecule has 0 aliphatic carbocycles. The fraction of sp³-hybridized carbons (Fsp3) is 0.667. The second kappa shape index (κ2) is 6.74. The summed E-state index contributed by atoms with van der Waals surface area (Å²) in [6.45, 7) is 8.83. The van der Waals surface area contributed by atoms with Crippen molar-refractivity contribution in [1.29, 1.82) is 0 Å². The third-order valence-electron chi connectivity index (χ3n) is 3.66. The van der Waals surface area contributed by atoms with E-state index in [-0.39, 0.29) is 0 Å². The molecule has 1 unspecified atom stereocenters. The van der Waals surface area contributed by atoms with E-state index < -0.39 is 0 Å². The molecule has 1 aromatic heterocycles. The van der Waals surface area contributed by atoms with Gasteiger partial charge in [-0.2, -0.15) is 0 Å². The van der Waals surface area contributed by atoms with Gasteiger partial charge in [-0.05, 0) is 57.3 Å². The predicted molar refractivity (Wildman–Crippen MR) is 76.7 cm³/mol. The zero-order valence-corrected chi connectivity index (χ0v) is 11.7. The first kappa shape index (κ1) is 13.3. The van der Waals surface area contributed by atoms with Gasteiger partial charge in [-0.1, -0.05) is 13.0 Å². The summed E-state index contributed by atoms with van der Waals surface area (Å²) in [5.74, 6) is 1.88. The maximum absolute atomic E-state index is 4.65.